The molecule has 0 saturated heterocycles. The van der Waals surface area contributed by atoms with E-state index in [-0.39, 0.29) is 65.3 Å². The molecule has 0 aliphatic carbocycles. The lowest BCUT2D eigenvalue weighted by Crippen LogP contribution is -2.17. The van der Waals surface area contributed by atoms with Gasteiger partial charge in [0.25, 0.3) is 0 Å². The molecule has 0 radical (unpaired) electrons. The van der Waals surface area contributed by atoms with Crippen molar-refractivity contribution in [3.8, 4) is 69.3 Å². The van der Waals surface area contributed by atoms with Crippen molar-refractivity contribution >= 4 is 109 Å². The highest BCUT2D eigenvalue weighted by Gasteiger charge is 2.39. The molecule has 19 rings (SSSR count). The van der Waals surface area contributed by atoms with Gasteiger partial charge < -0.3 is 23.3 Å². The number of fused-ring (bicyclic) bond motifs is 15. The van der Waals surface area contributed by atoms with E-state index in [9.17, 15) is 28.1 Å². The molecule has 5 heterocycles. The third-order valence-electron chi connectivity index (χ3n) is 28.7. The van der Waals surface area contributed by atoms with Crippen molar-refractivity contribution in [3.05, 3.63) is 332 Å². The average Bonchev–Trinajstić information content (AvgIpc) is 1.54. The lowest BCUT2D eigenvalue weighted by Gasteiger charge is -2.30. The number of aromatic amines is 1. The van der Waals surface area contributed by atoms with E-state index in [4.69, 9.17) is 10.5 Å². The Balaban J connectivity index is 0.000000272. The topological polar surface area (TPSA) is 131 Å². The molecule has 9 nitrogen and oxygen atoms in total. The first-order valence-electron chi connectivity index (χ1n) is 49.1. The van der Waals surface area contributed by atoms with E-state index in [2.05, 4.69) is 437 Å². The molecule has 0 amide bonds. The minimum atomic E-state index is -1.74. The summed E-state index contributed by atoms with van der Waals surface area (Å²) in [5.41, 5.74) is 26.1. The predicted octanol–water partition coefficient (Wildman–Crippen LogP) is 35.4. The van der Waals surface area contributed by atoms with E-state index >= 15 is 0 Å². The fourth-order valence-electron chi connectivity index (χ4n) is 20.0. The zero-order valence-electron chi connectivity index (χ0n) is 87.5. The monoisotopic (exact) mass is 1870 g/mol. The number of nitriles is 4. The van der Waals surface area contributed by atoms with Crippen LogP contribution < -0.4 is 0 Å². The van der Waals surface area contributed by atoms with Gasteiger partial charge in [0.05, 0.1) is 95.7 Å². The minimum absolute atomic E-state index is 0.138. The molecule has 0 aliphatic rings. The van der Waals surface area contributed by atoms with Gasteiger partial charge in [-0.15, -0.1) is 0 Å². The largest absolute Gasteiger partial charge is 0.355 e. The van der Waals surface area contributed by atoms with Crippen molar-refractivity contribution in [1.82, 2.24) is 23.3 Å². The number of aromatic nitrogens is 5. The molecule has 141 heavy (non-hydrogen) atoms. The van der Waals surface area contributed by atoms with Gasteiger partial charge in [0.1, 0.15) is 23.3 Å². The highest BCUT2D eigenvalue weighted by molar-refractivity contribution is 6.18. The molecule has 0 fully saturated rings. The zero-order chi connectivity index (χ0) is 102. The smallest absolute Gasteiger partial charge is 0.180 e. The van der Waals surface area contributed by atoms with Crippen LogP contribution in [0.4, 0.5) is 17.6 Å². The van der Waals surface area contributed by atoms with Gasteiger partial charge in [-0.25, -0.2) is 17.6 Å². The summed E-state index contributed by atoms with van der Waals surface area (Å²) in [4.78, 5) is 3.54. The summed E-state index contributed by atoms with van der Waals surface area (Å²) in [6.45, 7) is 68.9. The van der Waals surface area contributed by atoms with Crippen LogP contribution in [0.5, 0.6) is 0 Å². The maximum atomic E-state index is 13.8. The minimum Gasteiger partial charge on any atom is -0.355 e. The number of halogens is 4. The normalized spacial score (nSPS) is 12.9. The van der Waals surface area contributed by atoms with E-state index in [0.717, 1.165) is 139 Å². The van der Waals surface area contributed by atoms with E-state index < -0.39 is 34.4 Å². The highest BCUT2D eigenvalue weighted by atomic mass is 19.2. The Morgan fingerprint density at radius 2 is 0.383 bits per heavy atom. The maximum Gasteiger partial charge on any atom is 0.180 e. The summed E-state index contributed by atoms with van der Waals surface area (Å²) in [5, 5.41) is 53.3. The zero-order valence-corrected chi connectivity index (χ0v) is 87.5. The molecule has 1 N–H and O–H groups in total. The highest BCUT2D eigenvalue weighted by Crippen LogP contribution is 2.55. The summed E-state index contributed by atoms with van der Waals surface area (Å²) in [6.07, 6.45) is 0. The van der Waals surface area contributed by atoms with Crippen molar-refractivity contribution in [2.24, 2.45) is 0 Å². The SMILES string of the molecule is CC(C)(C)c1ccc2[nH]c3ccc(C(C)(C)C)cc3c2c1.CC(C)(C)c1ccc2c(c1)c1cc(C(C)(C)C)ccc1n2-c1c(C#N)c(-n2c3ccc(C(C)(C)C)cc3c3cc(C(C)(C)C)ccc32)c(-n2c3ccc(C(C)(C)C)cc3c3cc(C(C)(C)C)ccc32)c(-c2ccc(C#N)cc2)c1-n1c2ccc(C(C)(C)C)cc2c2cc(C(C)(C)C)ccc21.N#Cc1ccc(-c2c(F)c(F)c(C#N)c(F)c2F)cc1. The molecule has 0 bridgehead atoms. The van der Waals surface area contributed by atoms with Crippen LogP contribution in [0.2, 0.25) is 0 Å². The Morgan fingerprint density at radius 1 is 0.199 bits per heavy atom. The Kier molecular flexibility index (Phi) is 24.0. The van der Waals surface area contributed by atoms with Crippen LogP contribution in [0.15, 0.2) is 231 Å². The molecule has 5 aromatic heterocycles. The maximum absolute atomic E-state index is 13.8. The fraction of sp³-hybridized carbons (Fsp3) is 0.312. The van der Waals surface area contributed by atoms with E-state index in [1.54, 1.807) is 6.07 Å². The van der Waals surface area contributed by atoms with Crippen LogP contribution in [0.1, 0.15) is 286 Å². The molecule has 0 spiro atoms. The number of H-pyrrole nitrogens is 1. The molecular weight excluding hydrogens is 1740 g/mol. The number of benzene rings is 14. The lowest BCUT2D eigenvalue weighted by molar-refractivity contribution is 0.454. The first kappa shape index (κ1) is 98.4. The van der Waals surface area contributed by atoms with Crippen LogP contribution in [-0.4, -0.2) is 23.3 Å². The number of nitrogens with one attached hydrogen (secondary N) is 1. The Hall–Kier alpha value is -14.2. The van der Waals surface area contributed by atoms with Crippen molar-refractivity contribution in [1.29, 1.82) is 21.0 Å². The molecule has 0 unspecified atom stereocenters. The number of hydrogen-bond donors (Lipinski definition) is 1. The van der Waals surface area contributed by atoms with Crippen LogP contribution in [-0.2, 0) is 54.1 Å². The second-order valence-corrected chi connectivity index (χ2v) is 49.1. The number of rotatable bonds is 6. The summed E-state index contributed by atoms with van der Waals surface area (Å²) in [6, 6.07) is 92.1. The first-order chi connectivity index (χ1) is 65.7. The molecule has 0 aliphatic heterocycles. The Morgan fingerprint density at radius 3 is 0.574 bits per heavy atom. The van der Waals surface area contributed by atoms with Gasteiger partial charge in [0, 0.05) is 70.5 Å². The van der Waals surface area contributed by atoms with Crippen LogP contribution in [0.3, 0.4) is 0 Å². The molecule has 714 valence electrons. The van der Waals surface area contributed by atoms with Gasteiger partial charge in [-0.1, -0.05) is 293 Å². The average molecular weight is 1870 g/mol. The van der Waals surface area contributed by atoms with Crippen molar-refractivity contribution < 1.29 is 17.6 Å². The van der Waals surface area contributed by atoms with Gasteiger partial charge in [-0.2, -0.15) is 21.0 Å². The van der Waals surface area contributed by atoms with Crippen LogP contribution in [0.25, 0.3) is 154 Å². The van der Waals surface area contributed by atoms with Gasteiger partial charge >= 0.3 is 0 Å². The third-order valence-corrected chi connectivity index (χ3v) is 28.7. The second-order valence-electron chi connectivity index (χ2n) is 49.1. The third kappa shape index (κ3) is 17.5. The molecule has 0 saturated carbocycles. The van der Waals surface area contributed by atoms with Crippen molar-refractivity contribution in [2.45, 2.75) is 262 Å². The summed E-state index contributed by atoms with van der Waals surface area (Å²) in [5.74, 6) is -6.79. The molecular formula is C128H129F4N9. The molecule has 19 aromatic rings. The van der Waals surface area contributed by atoms with E-state index in [1.807, 2.05) is 12.1 Å². The van der Waals surface area contributed by atoms with Gasteiger partial charge in [-0.3, -0.25) is 0 Å². The quantitative estimate of drug-likeness (QED) is 0.131. The Bertz CT molecular complexity index is 7850. The predicted molar refractivity (Wildman–Crippen MR) is 583 cm³/mol. The Labute approximate surface area is 828 Å². The van der Waals surface area contributed by atoms with Gasteiger partial charge in [0.15, 0.2) is 23.3 Å². The van der Waals surface area contributed by atoms with E-state index in [1.165, 1.54) is 89.6 Å². The van der Waals surface area contributed by atoms with Crippen LogP contribution in [0, 0.1) is 68.6 Å². The molecule has 13 heteroatoms. The summed E-state index contributed by atoms with van der Waals surface area (Å²) in [7, 11) is 0. The number of nitrogens with zero attached hydrogens (tertiary/aromatic N) is 8. The molecule has 0 atom stereocenters. The standard InChI is InChI=1S/C94H100N6.C20H25N.C14H4F4N2/c1-87(2,3)57-29-37-74-65(45-57)66-46-58(88(4,5)6)30-38-75(66)97(74)83-73(54-96)84(98-76-39-31-59(89(7,8)9)47-67(76)68-48-60(90(10,11)12)32-40-77(68)98)86(100-80-43-35-63(93(19,20)21)51-71(80)72-52-64(94(22,23)24)36-44-81(72)100)82(56-27-25-55(53-95)26-28-56)85(83)99-78-41-33-61(91(13,14)15)49-69(78)70-50-62(92(16,17)18)34-42-79(70)99;1-19(2,3)13-7-9-17-15(11-13)16-12-14(20(4,5)6)8-10-18(16)21-17;15-11-9(6-20)12(16)14(18)10(13(11)17)8-3-1-7(5-19)2-4-8/h25-52H,1-24H3;7-12,21H,1-6H3;1-4H. The van der Waals surface area contributed by atoms with Crippen LogP contribution >= 0.6 is 0 Å². The summed E-state index contributed by atoms with van der Waals surface area (Å²) >= 11 is 0. The second kappa shape index (κ2) is 34.3. The van der Waals surface area contributed by atoms with Crippen molar-refractivity contribution in [3.63, 3.8) is 0 Å². The number of hydrogen-bond acceptors (Lipinski definition) is 4. The van der Waals surface area contributed by atoms with Gasteiger partial charge in [-0.05, 0) is 267 Å². The fourth-order valence-corrected chi connectivity index (χ4v) is 20.0. The summed E-state index contributed by atoms with van der Waals surface area (Å²) < 4.78 is 64.5. The van der Waals surface area contributed by atoms with Crippen molar-refractivity contribution in [2.75, 3.05) is 0 Å². The first-order valence-corrected chi connectivity index (χ1v) is 49.1. The lowest BCUT2D eigenvalue weighted by atomic mass is 9.85. The van der Waals surface area contributed by atoms with E-state index in [0.29, 0.717) is 11.1 Å². The van der Waals surface area contributed by atoms with Gasteiger partial charge in [0.2, 0.25) is 0 Å². The molecule has 14 aromatic carbocycles.